The van der Waals surface area contributed by atoms with Crippen LogP contribution in [0, 0.1) is 5.92 Å². The molecule has 0 aromatic rings. The van der Waals surface area contributed by atoms with Crippen molar-refractivity contribution in [3.63, 3.8) is 0 Å². The Morgan fingerprint density at radius 2 is 2.22 bits per heavy atom. The molecule has 0 aromatic heterocycles. The van der Waals surface area contributed by atoms with Crippen LogP contribution in [0.15, 0.2) is 0 Å². The van der Waals surface area contributed by atoms with Gasteiger partial charge >= 0.3 is 0 Å². The Balaban J connectivity index is 0.000000640. The van der Waals surface area contributed by atoms with E-state index in [1.165, 1.54) is 0 Å². The van der Waals surface area contributed by atoms with Crippen molar-refractivity contribution in [2.24, 2.45) is 5.92 Å². The van der Waals surface area contributed by atoms with E-state index in [9.17, 15) is 0 Å². The van der Waals surface area contributed by atoms with Gasteiger partial charge in [0, 0.05) is 26.6 Å². The molecule has 55 valence electrons. The first-order valence-corrected chi connectivity index (χ1v) is 2.96. The second-order valence-corrected chi connectivity index (χ2v) is 2.37. The summed E-state index contributed by atoms with van der Waals surface area (Å²) in [5.41, 5.74) is 6.89. The standard InChI is InChI=1S/C5H12N3.Re/c1-4(2)5-6-3-7-8-5;/h4-6,8H,3H2,1-2H3;/q-1;. The molecule has 0 aliphatic carbocycles. The molecule has 0 saturated carbocycles. The predicted octanol–water partition coefficient (Wildman–Crippen LogP) is 0.405. The van der Waals surface area contributed by atoms with Crippen LogP contribution in [0.1, 0.15) is 13.8 Å². The smallest absolute Gasteiger partial charge is 0.0413 e. The molecule has 1 fully saturated rings. The molecule has 0 amide bonds. The van der Waals surface area contributed by atoms with Gasteiger partial charge in [0.15, 0.2) is 0 Å². The average Bonchev–Trinajstić information content (AvgIpc) is 2.12. The van der Waals surface area contributed by atoms with Crippen LogP contribution in [0.25, 0.3) is 5.43 Å². The first-order chi connectivity index (χ1) is 3.80. The maximum atomic E-state index is 3.92. The van der Waals surface area contributed by atoms with Crippen molar-refractivity contribution in [2.45, 2.75) is 20.0 Å². The zero-order valence-electron chi connectivity index (χ0n) is 5.69. The van der Waals surface area contributed by atoms with Gasteiger partial charge in [0.05, 0.1) is 0 Å². The summed E-state index contributed by atoms with van der Waals surface area (Å²) in [5, 5.41) is 3.18. The van der Waals surface area contributed by atoms with Crippen molar-refractivity contribution in [3.05, 3.63) is 5.43 Å². The minimum atomic E-state index is 0. The Morgan fingerprint density at radius 1 is 1.56 bits per heavy atom. The largest absolute Gasteiger partial charge is 0.584 e. The van der Waals surface area contributed by atoms with E-state index >= 15 is 0 Å². The van der Waals surface area contributed by atoms with Crippen molar-refractivity contribution in [2.75, 3.05) is 6.67 Å². The molecule has 1 heterocycles. The Hall–Kier alpha value is 0.542. The van der Waals surface area contributed by atoms with Crippen LogP contribution in [0.4, 0.5) is 0 Å². The van der Waals surface area contributed by atoms with Crippen LogP contribution in [0.3, 0.4) is 0 Å². The summed E-state index contributed by atoms with van der Waals surface area (Å²) in [6, 6.07) is 0. The fourth-order valence-electron chi connectivity index (χ4n) is 0.718. The van der Waals surface area contributed by atoms with Gasteiger partial charge in [-0.05, 0) is 5.92 Å². The third-order valence-electron chi connectivity index (χ3n) is 1.29. The second kappa shape index (κ2) is 4.37. The summed E-state index contributed by atoms with van der Waals surface area (Å²) >= 11 is 0. The van der Waals surface area contributed by atoms with E-state index in [2.05, 4.69) is 30.0 Å². The first kappa shape index (κ1) is 9.54. The third kappa shape index (κ3) is 2.74. The van der Waals surface area contributed by atoms with Crippen LogP contribution in [0.5, 0.6) is 0 Å². The molecule has 1 aliphatic rings. The molecule has 0 aromatic carbocycles. The summed E-state index contributed by atoms with van der Waals surface area (Å²) in [5.74, 6) is 0.626. The molecular formula is C5H12N3Re-. The van der Waals surface area contributed by atoms with Gasteiger partial charge in [0.25, 0.3) is 0 Å². The van der Waals surface area contributed by atoms with Crippen molar-refractivity contribution in [1.82, 2.24) is 10.7 Å². The molecule has 0 spiro atoms. The zero-order valence-corrected chi connectivity index (χ0v) is 8.40. The molecular weight excluding hydrogens is 288 g/mol. The van der Waals surface area contributed by atoms with Gasteiger partial charge < -0.3 is 16.2 Å². The number of nitrogens with one attached hydrogen (secondary N) is 2. The van der Waals surface area contributed by atoms with Crippen LogP contribution in [0.2, 0.25) is 0 Å². The van der Waals surface area contributed by atoms with E-state index < -0.39 is 0 Å². The maximum Gasteiger partial charge on any atom is 0.0413 e. The van der Waals surface area contributed by atoms with Gasteiger partial charge in [-0.25, -0.2) is 0 Å². The summed E-state index contributed by atoms with van der Waals surface area (Å²) < 4.78 is 0. The van der Waals surface area contributed by atoms with Crippen molar-refractivity contribution in [1.29, 1.82) is 0 Å². The monoisotopic (exact) mass is 301 g/mol. The molecule has 1 rings (SSSR count). The second-order valence-electron chi connectivity index (χ2n) is 2.37. The fourth-order valence-corrected chi connectivity index (χ4v) is 0.718. The van der Waals surface area contributed by atoms with Crippen LogP contribution < -0.4 is 10.7 Å². The van der Waals surface area contributed by atoms with Crippen LogP contribution in [-0.2, 0) is 20.4 Å². The Kier molecular flexibility index (Phi) is 4.64. The number of hydrogen-bond acceptors (Lipinski definition) is 2. The van der Waals surface area contributed by atoms with E-state index in [-0.39, 0.29) is 20.4 Å². The van der Waals surface area contributed by atoms with Crippen molar-refractivity contribution < 1.29 is 20.4 Å². The van der Waals surface area contributed by atoms with Crippen molar-refractivity contribution in [3.8, 4) is 0 Å². The first-order valence-electron chi connectivity index (χ1n) is 2.96. The molecule has 1 unspecified atom stereocenters. The molecule has 1 saturated heterocycles. The molecule has 1 aliphatic heterocycles. The molecule has 0 bridgehead atoms. The fraction of sp³-hybridized carbons (Fsp3) is 1.00. The summed E-state index contributed by atoms with van der Waals surface area (Å²) in [7, 11) is 0. The number of hydrogen-bond donors (Lipinski definition) is 2. The minimum absolute atomic E-state index is 0. The van der Waals surface area contributed by atoms with Gasteiger partial charge in [-0.1, -0.05) is 20.5 Å². The normalized spacial score (nSPS) is 26.3. The van der Waals surface area contributed by atoms with E-state index in [0.29, 0.717) is 12.1 Å². The van der Waals surface area contributed by atoms with E-state index in [1.807, 2.05) is 0 Å². The zero-order chi connectivity index (χ0) is 5.98. The van der Waals surface area contributed by atoms with Gasteiger partial charge in [0.2, 0.25) is 0 Å². The molecule has 2 N–H and O–H groups in total. The molecule has 9 heavy (non-hydrogen) atoms. The topological polar surface area (TPSA) is 38.2 Å². The van der Waals surface area contributed by atoms with E-state index in [4.69, 9.17) is 0 Å². The summed E-state index contributed by atoms with van der Waals surface area (Å²) in [6.45, 7) is 5.07. The SMILES string of the molecule is CC(C)C1NC[N-]N1.[Re]. The molecule has 1 atom stereocenters. The van der Waals surface area contributed by atoms with Crippen LogP contribution in [-0.4, -0.2) is 12.8 Å². The van der Waals surface area contributed by atoms with Crippen molar-refractivity contribution >= 4 is 0 Å². The van der Waals surface area contributed by atoms with Gasteiger partial charge in [-0.15, -0.1) is 0 Å². The quantitative estimate of drug-likeness (QED) is 0.736. The average molecular weight is 300 g/mol. The summed E-state index contributed by atoms with van der Waals surface area (Å²) in [6.07, 6.45) is 0.398. The molecule has 4 heteroatoms. The van der Waals surface area contributed by atoms with Crippen LogP contribution >= 0.6 is 0 Å². The maximum absolute atomic E-state index is 3.92. The molecule has 1 radical (unpaired) electrons. The Bertz CT molecular complexity index is 70.6. The van der Waals surface area contributed by atoms with Gasteiger partial charge in [0.1, 0.15) is 0 Å². The number of rotatable bonds is 1. The minimum Gasteiger partial charge on any atom is -0.584 e. The van der Waals surface area contributed by atoms with Gasteiger partial charge in [-0.2, -0.15) is 0 Å². The van der Waals surface area contributed by atoms with Gasteiger partial charge in [-0.3, -0.25) is 0 Å². The third-order valence-corrected chi connectivity index (χ3v) is 1.29. The Morgan fingerprint density at radius 3 is 2.44 bits per heavy atom. The summed E-state index contributed by atoms with van der Waals surface area (Å²) in [4.78, 5) is 0. The number of nitrogens with zero attached hydrogens (tertiary/aromatic N) is 1. The van der Waals surface area contributed by atoms with E-state index in [1.54, 1.807) is 0 Å². The Labute approximate surface area is 69.6 Å². The van der Waals surface area contributed by atoms with E-state index in [0.717, 1.165) is 6.67 Å². The molecule has 3 nitrogen and oxygen atoms in total. The predicted molar refractivity (Wildman–Crippen MR) is 33.1 cm³/mol.